The van der Waals surface area contributed by atoms with Crippen LogP contribution in [0.25, 0.3) is 0 Å². The van der Waals surface area contributed by atoms with Crippen molar-refractivity contribution in [1.82, 2.24) is 21.2 Å². The van der Waals surface area contributed by atoms with Gasteiger partial charge in [-0.25, -0.2) is 30.3 Å². The van der Waals surface area contributed by atoms with Gasteiger partial charge in [-0.3, -0.25) is 0 Å². The molecular weight excluding hydrogens is 230 g/mol. The van der Waals surface area contributed by atoms with Gasteiger partial charge in [-0.1, -0.05) is 15.0 Å². The van der Waals surface area contributed by atoms with Crippen LogP contribution in [-0.4, -0.2) is 50.1 Å². The molecule has 0 spiro atoms. The summed E-state index contributed by atoms with van der Waals surface area (Å²) in [5.41, 5.74) is 0. The number of hydrogen-bond donors (Lipinski definition) is 1. The molecule has 0 amide bonds. The predicted molar refractivity (Wildman–Crippen MR) is 46.1 cm³/mol. The molecule has 0 aromatic carbocycles. The van der Waals surface area contributed by atoms with Crippen LogP contribution in [0.2, 0.25) is 0 Å². The third-order valence-electron chi connectivity index (χ3n) is 1.67. The van der Waals surface area contributed by atoms with Crippen molar-refractivity contribution in [2.45, 2.75) is 0 Å². The van der Waals surface area contributed by atoms with Crippen LogP contribution in [0.4, 0.5) is 0 Å². The second-order valence-corrected chi connectivity index (χ2v) is 2.66. The number of rotatable bonds is 3. The third kappa shape index (κ3) is 2.77. The fourth-order valence-electron chi connectivity index (χ4n) is 1.01. The molecule has 0 aromatic rings. The van der Waals surface area contributed by atoms with E-state index in [4.69, 9.17) is 0 Å². The highest BCUT2D eigenvalue weighted by molar-refractivity contribution is 4.50. The minimum absolute atomic E-state index is 0. The second-order valence-electron chi connectivity index (χ2n) is 2.66. The standard InChI is InChI=1S/C3H6N6O6.H3N/c10-7(11)4-1-5(8(12)13)3-6(2-4)9(14)15;/h1-3H2;1H3. The monoisotopic (exact) mass is 239 g/mol. The molecule has 0 radical (unpaired) electrons. The Morgan fingerprint density at radius 2 is 0.875 bits per heavy atom. The van der Waals surface area contributed by atoms with Gasteiger partial charge < -0.3 is 6.15 Å². The van der Waals surface area contributed by atoms with Crippen molar-refractivity contribution in [3.8, 4) is 0 Å². The third-order valence-corrected chi connectivity index (χ3v) is 1.67. The van der Waals surface area contributed by atoms with Gasteiger partial charge in [0.25, 0.3) is 0 Å². The minimum Gasteiger partial charge on any atom is -0.344 e. The van der Waals surface area contributed by atoms with Gasteiger partial charge in [-0.15, -0.1) is 0 Å². The van der Waals surface area contributed by atoms with E-state index in [0.29, 0.717) is 15.0 Å². The van der Waals surface area contributed by atoms with E-state index < -0.39 is 35.1 Å². The molecule has 0 aliphatic carbocycles. The Hall–Kier alpha value is -2.44. The molecule has 1 heterocycles. The maximum absolute atomic E-state index is 10.3. The van der Waals surface area contributed by atoms with Gasteiger partial charge in [-0.2, -0.15) is 0 Å². The van der Waals surface area contributed by atoms with E-state index in [1.54, 1.807) is 0 Å². The largest absolute Gasteiger partial charge is 0.344 e. The molecule has 0 aromatic heterocycles. The number of nitrogens with zero attached hydrogens (tertiary/aromatic N) is 6. The molecule has 13 nitrogen and oxygen atoms in total. The molecule has 16 heavy (non-hydrogen) atoms. The highest BCUT2D eigenvalue weighted by Crippen LogP contribution is 2.06. The molecule has 0 saturated carbocycles. The lowest BCUT2D eigenvalue weighted by Crippen LogP contribution is -2.59. The molecule has 3 N–H and O–H groups in total. The smallest absolute Gasteiger partial charge is 0.212 e. The zero-order chi connectivity index (χ0) is 11.6. The highest BCUT2D eigenvalue weighted by Gasteiger charge is 2.39. The van der Waals surface area contributed by atoms with Crippen LogP contribution in [0, 0.1) is 30.3 Å². The van der Waals surface area contributed by atoms with Crippen molar-refractivity contribution < 1.29 is 15.1 Å². The summed E-state index contributed by atoms with van der Waals surface area (Å²) in [5.74, 6) is 0. The molecule has 0 unspecified atom stereocenters. The maximum Gasteiger partial charge on any atom is 0.212 e. The van der Waals surface area contributed by atoms with E-state index >= 15 is 0 Å². The lowest BCUT2D eigenvalue weighted by molar-refractivity contribution is -0.775. The number of hydrazine groups is 3. The molecule has 1 aliphatic rings. The first-order valence-corrected chi connectivity index (χ1v) is 3.59. The first kappa shape index (κ1) is 13.6. The van der Waals surface area contributed by atoms with Crippen LogP contribution in [0.5, 0.6) is 0 Å². The van der Waals surface area contributed by atoms with Crippen molar-refractivity contribution in [3.63, 3.8) is 0 Å². The Kier molecular flexibility index (Phi) is 4.13. The van der Waals surface area contributed by atoms with E-state index in [2.05, 4.69) is 0 Å². The average molecular weight is 239 g/mol. The lowest BCUT2D eigenvalue weighted by atomic mass is 10.7. The number of hydrogen-bond acceptors (Lipinski definition) is 7. The zero-order valence-electron chi connectivity index (χ0n) is 7.96. The van der Waals surface area contributed by atoms with Crippen LogP contribution in [0.1, 0.15) is 0 Å². The lowest BCUT2D eigenvalue weighted by Gasteiger charge is -2.27. The minimum atomic E-state index is -0.924. The van der Waals surface area contributed by atoms with Gasteiger partial charge in [0.05, 0.1) is 0 Å². The summed E-state index contributed by atoms with van der Waals surface area (Å²) in [6.45, 7) is -1.78. The first-order valence-electron chi connectivity index (χ1n) is 3.59. The maximum atomic E-state index is 10.3. The summed E-state index contributed by atoms with van der Waals surface area (Å²) in [6.07, 6.45) is 0. The normalized spacial score (nSPS) is 15.4. The topological polar surface area (TPSA) is 174 Å². The predicted octanol–water partition coefficient (Wildman–Crippen LogP) is -1.48. The molecule has 1 fully saturated rings. The Morgan fingerprint density at radius 1 is 0.688 bits per heavy atom. The average Bonchev–Trinajstić information content (AvgIpc) is 2.16. The molecule has 0 bridgehead atoms. The molecular formula is C3H9N7O6. The van der Waals surface area contributed by atoms with Gasteiger partial charge in [-0.05, 0) is 0 Å². The molecule has 1 rings (SSSR count). The summed E-state index contributed by atoms with van der Waals surface area (Å²) >= 11 is 0. The molecule has 1 aliphatic heterocycles. The second kappa shape index (κ2) is 4.87. The van der Waals surface area contributed by atoms with Crippen LogP contribution in [0.15, 0.2) is 0 Å². The van der Waals surface area contributed by atoms with Gasteiger partial charge >= 0.3 is 0 Å². The van der Waals surface area contributed by atoms with Crippen LogP contribution < -0.4 is 6.15 Å². The molecule has 0 atom stereocenters. The fraction of sp³-hybridized carbons (Fsp3) is 1.00. The Morgan fingerprint density at radius 3 is 1.00 bits per heavy atom. The molecule has 1 saturated heterocycles. The van der Waals surface area contributed by atoms with Gasteiger partial charge in [0.1, 0.15) is 0 Å². The first-order chi connectivity index (χ1) is 6.91. The SMILES string of the molecule is N.O=[N+]([O-])N1CN([N+](=O)[O-])CN([N+](=O)[O-])C1. The van der Waals surface area contributed by atoms with Crippen LogP contribution >= 0.6 is 0 Å². The quantitative estimate of drug-likeness (QED) is 0.451. The number of nitro groups is 3. The van der Waals surface area contributed by atoms with Crippen molar-refractivity contribution >= 4 is 0 Å². The van der Waals surface area contributed by atoms with Gasteiger partial charge in [0.2, 0.25) is 20.0 Å². The van der Waals surface area contributed by atoms with E-state index in [-0.39, 0.29) is 6.15 Å². The van der Waals surface area contributed by atoms with Crippen molar-refractivity contribution in [2.24, 2.45) is 0 Å². The van der Waals surface area contributed by atoms with Crippen molar-refractivity contribution in [2.75, 3.05) is 20.0 Å². The van der Waals surface area contributed by atoms with Gasteiger partial charge in [0, 0.05) is 0 Å². The van der Waals surface area contributed by atoms with Crippen LogP contribution in [0.3, 0.4) is 0 Å². The van der Waals surface area contributed by atoms with E-state index in [1.807, 2.05) is 0 Å². The van der Waals surface area contributed by atoms with Crippen molar-refractivity contribution in [1.29, 1.82) is 0 Å². The molecule has 13 heteroatoms. The van der Waals surface area contributed by atoms with Crippen LogP contribution in [-0.2, 0) is 0 Å². The Bertz CT molecular complexity index is 253. The van der Waals surface area contributed by atoms with E-state index in [0.717, 1.165) is 0 Å². The summed E-state index contributed by atoms with van der Waals surface area (Å²) in [4.78, 5) is 31.0. The fourth-order valence-corrected chi connectivity index (χ4v) is 1.01. The Labute approximate surface area is 87.7 Å². The van der Waals surface area contributed by atoms with Gasteiger partial charge in [0.15, 0.2) is 15.1 Å². The summed E-state index contributed by atoms with van der Waals surface area (Å²) in [5, 5.41) is 29.3. The Balaban J connectivity index is 0.00000225. The molecule has 92 valence electrons. The summed E-state index contributed by atoms with van der Waals surface area (Å²) in [6, 6.07) is 0. The van der Waals surface area contributed by atoms with Crippen molar-refractivity contribution in [3.05, 3.63) is 30.3 Å². The highest BCUT2D eigenvalue weighted by atomic mass is 16.7. The zero-order valence-corrected chi connectivity index (χ0v) is 7.96. The van der Waals surface area contributed by atoms with E-state index in [1.165, 1.54) is 0 Å². The summed E-state index contributed by atoms with van der Waals surface area (Å²) in [7, 11) is 0. The van der Waals surface area contributed by atoms with E-state index in [9.17, 15) is 30.3 Å². The summed E-state index contributed by atoms with van der Waals surface area (Å²) < 4.78 is 0.